The van der Waals surface area contributed by atoms with Crippen LogP contribution in [0.2, 0.25) is 0 Å². The third kappa shape index (κ3) is 5.02. The number of rotatable bonds is 6. The molecule has 2 aromatic rings. The highest BCUT2D eigenvalue weighted by Crippen LogP contribution is 2.13. The second-order valence-electron chi connectivity index (χ2n) is 4.67. The molecule has 0 heterocycles. The van der Waals surface area contributed by atoms with Gasteiger partial charge in [0, 0.05) is 15.8 Å². The van der Waals surface area contributed by atoms with Crippen LogP contribution >= 0.6 is 22.6 Å². The summed E-state index contributed by atoms with van der Waals surface area (Å²) in [6.07, 6.45) is -0.546. The summed E-state index contributed by atoms with van der Waals surface area (Å²) in [4.78, 5) is 0. The largest absolute Gasteiger partial charge is 0.491 e. The zero-order valence-electron chi connectivity index (χ0n) is 11.3. The molecule has 0 aliphatic carbocycles. The summed E-state index contributed by atoms with van der Waals surface area (Å²) in [5, 5.41) is 13.1. The van der Waals surface area contributed by atoms with Crippen molar-refractivity contribution in [2.24, 2.45) is 0 Å². The molecule has 2 aromatic carbocycles. The summed E-state index contributed by atoms with van der Waals surface area (Å²) in [5.41, 5.74) is 2.15. The van der Waals surface area contributed by atoms with E-state index in [0.29, 0.717) is 6.54 Å². The molecule has 0 aliphatic heterocycles. The van der Waals surface area contributed by atoms with Crippen LogP contribution in [0, 0.1) is 10.5 Å². The minimum absolute atomic E-state index is 0.279. The molecule has 1 atom stereocenters. The summed E-state index contributed by atoms with van der Waals surface area (Å²) >= 11 is 2.26. The van der Waals surface area contributed by atoms with Gasteiger partial charge in [0.25, 0.3) is 0 Å². The van der Waals surface area contributed by atoms with Gasteiger partial charge in [-0.25, -0.2) is 0 Å². The lowest BCUT2D eigenvalue weighted by atomic mass is 10.2. The monoisotopic (exact) mass is 383 g/mol. The van der Waals surface area contributed by atoms with Crippen LogP contribution in [0.25, 0.3) is 0 Å². The van der Waals surface area contributed by atoms with Crippen LogP contribution < -0.4 is 10.1 Å². The van der Waals surface area contributed by atoms with Crippen LogP contribution in [-0.4, -0.2) is 24.4 Å². The van der Waals surface area contributed by atoms with Crippen molar-refractivity contribution < 1.29 is 9.84 Å². The molecule has 0 saturated heterocycles. The maximum Gasteiger partial charge on any atom is 0.119 e. The molecule has 0 spiro atoms. The average molecular weight is 383 g/mol. The van der Waals surface area contributed by atoms with Gasteiger partial charge in [-0.1, -0.05) is 12.1 Å². The van der Waals surface area contributed by atoms with E-state index in [9.17, 15) is 5.11 Å². The zero-order valence-corrected chi connectivity index (χ0v) is 13.5. The third-order valence-corrected chi connectivity index (χ3v) is 3.54. The van der Waals surface area contributed by atoms with Gasteiger partial charge in [-0.15, -0.1) is 0 Å². The maximum absolute atomic E-state index is 9.91. The fourth-order valence-electron chi connectivity index (χ4n) is 1.76. The van der Waals surface area contributed by atoms with Crippen LogP contribution in [0.15, 0.2) is 48.5 Å². The van der Waals surface area contributed by atoms with Crippen LogP contribution in [0.5, 0.6) is 5.75 Å². The van der Waals surface area contributed by atoms with Crippen LogP contribution in [0.1, 0.15) is 5.56 Å². The number of halogens is 1. The van der Waals surface area contributed by atoms with Gasteiger partial charge in [0.15, 0.2) is 0 Å². The molecule has 2 N–H and O–H groups in total. The Balaban J connectivity index is 1.75. The first-order chi connectivity index (χ1) is 9.63. The molecular formula is C16H18INO2. The Morgan fingerprint density at radius 1 is 1.20 bits per heavy atom. The van der Waals surface area contributed by atoms with Gasteiger partial charge in [-0.2, -0.15) is 0 Å². The van der Waals surface area contributed by atoms with Crippen molar-refractivity contribution in [2.75, 3.05) is 18.5 Å². The average Bonchev–Trinajstić information content (AvgIpc) is 2.45. The Hall–Kier alpha value is -1.27. The van der Waals surface area contributed by atoms with Gasteiger partial charge in [0.05, 0.1) is 0 Å². The zero-order chi connectivity index (χ0) is 14.4. The number of nitrogens with one attached hydrogen (secondary N) is 1. The van der Waals surface area contributed by atoms with Crippen LogP contribution in [0.3, 0.4) is 0 Å². The Labute approximate surface area is 133 Å². The van der Waals surface area contributed by atoms with Gasteiger partial charge < -0.3 is 15.2 Å². The summed E-state index contributed by atoms with van der Waals surface area (Å²) in [6.45, 7) is 2.76. The summed E-state index contributed by atoms with van der Waals surface area (Å²) in [5.74, 6) is 0.790. The quantitative estimate of drug-likeness (QED) is 0.751. The lowest BCUT2D eigenvalue weighted by Gasteiger charge is -2.14. The molecule has 0 fully saturated rings. The summed E-state index contributed by atoms with van der Waals surface area (Å²) in [7, 11) is 0. The van der Waals surface area contributed by atoms with Gasteiger partial charge in [-0.05, 0) is 71.5 Å². The molecular weight excluding hydrogens is 365 g/mol. The number of hydrogen-bond acceptors (Lipinski definition) is 3. The smallest absolute Gasteiger partial charge is 0.119 e. The molecule has 0 saturated carbocycles. The van der Waals surface area contributed by atoms with Crippen molar-refractivity contribution in [2.45, 2.75) is 13.0 Å². The van der Waals surface area contributed by atoms with E-state index in [1.165, 1.54) is 3.57 Å². The van der Waals surface area contributed by atoms with Gasteiger partial charge in [0.2, 0.25) is 0 Å². The van der Waals surface area contributed by atoms with Crippen LogP contribution in [-0.2, 0) is 0 Å². The Morgan fingerprint density at radius 2 is 1.95 bits per heavy atom. The van der Waals surface area contributed by atoms with E-state index in [-0.39, 0.29) is 6.61 Å². The second kappa shape index (κ2) is 7.50. The van der Waals surface area contributed by atoms with E-state index in [1.807, 2.05) is 55.5 Å². The molecule has 0 bridgehead atoms. The maximum atomic E-state index is 9.91. The molecule has 0 aromatic heterocycles. The highest BCUT2D eigenvalue weighted by molar-refractivity contribution is 14.1. The second-order valence-corrected chi connectivity index (χ2v) is 5.91. The van der Waals surface area contributed by atoms with Gasteiger partial charge >= 0.3 is 0 Å². The van der Waals surface area contributed by atoms with E-state index in [2.05, 4.69) is 27.9 Å². The SMILES string of the molecule is Cc1cccc(OCC(O)CNc2ccc(I)cc2)c1. The van der Waals surface area contributed by atoms with Crippen molar-refractivity contribution in [1.82, 2.24) is 0 Å². The fraction of sp³-hybridized carbons (Fsp3) is 0.250. The minimum atomic E-state index is -0.546. The summed E-state index contributed by atoms with van der Waals surface area (Å²) in [6, 6.07) is 15.9. The highest BCUT2D eigenvalue weighted by Gasteiger charge is 2.05. The number of aliphatic hydroxyl groups excluding tert-OH is 1. The molecule has 3 nitrogen and oxygen atoms in total. The number of aliphatic hydroxyl groups is 1. The van der Waals surface area contributed by atoms with Crippen molar-refractivity contribution in [1.29, 1.82) is 0 Å². The normalized spacial score (nSPS) is 11.9. The van der Waals surface area contributed by atoms with E-state index in [4.69, 9.17) is 4.74 Å². The fourth-order valence-corrected chi connectivity index (χ4v) is 2.12. The number of aryl methyl sites for hydroxylation is 1. The molecule has 1 unspecified atom stereocenters. The van der Waals surface area contributed by atoms with Gasteiger partial charge in [-0.3, -0.25) is 0 Å². The predicted octanol–water partition coefficient (Wildman–Crippen LogP) is 3.45. The predicted molar refractivity (Wildman–Crippen MR) is 90.3 cm³/mol. The summed E-state index contributed by atoms with van der Waals surface area (Å²) < 4.78 is 6.76. The Kier molecular flexibility index (Phi) is 5.67. The Bertz CT molecular complexity index is 542. The number of anilines is 1. The van der Waals surface area contributed by atoms with Gasteiger partial charge in [0.1, 0.15) is 18.5 Å². The first-order valence-corrected chi connectivity index (χ1v) is 7.58. The standard InChI is InChI=1S/C16H18INO2/c1-12-3-2-4-16(9-12)20-11-15(19)10-18-14-7-5-13(17)6-8-14/h2-9,15,18-19H,10-11H2,1H3. The molecule has 106 valence electrons. The number of hydrogen-bond donors (Lipinski definition) is 2. The number of ether oxygens (including phenoxy) is 1. The molecule has 0 radical (unpaired) electrons. The van der Waals surface area contributed by atoms with Crippen molar-refractivity contribution in [3.63, 3.8) is 0 Å². The number of benzene rings is 2. The minimum Gasteiger partial charge on any atom is -0.491 e. The topological polar surface area (TPSA) is 41.5 Å². The van der Waals surface area contributed by atoms with Crippen LogP contribution in [0.4, 0.5) is 5.69 Å². The highest BCUT2D eigenvalue weighted by atomic mass is 127. The third-order valence-electron chi connectivity index (χ3n) is 2.82. The van der Waals surface area contributed by atoms with Crippen molar-refractivity contribution >= 4 is 28.3 Å². The van der Waals surface area contributed by atoms with E-state index < -0.39 is 6.10 Å². The molecule has 20 heavy (non-hydrogen) atoms. The molecule has 0 aliphatic rings. The first kappa shape index (κ1) is 15.1. The molecule has 2 rings (SSSR count). The first-order valence-electron chi connectivity index (χ1n) is 6.50. The van der Waals surface area contributed by atoms with E-state index >= 15 is 0 Å². The lowest BCUT2D eigenvalue weighted by molar-refractivity contribution is 0.117. The van der Waals surface area contributed by atoms with Crippen molar-refractivity contribution in [3.8, 4) is 5.75 Å². The van der Waals surface area contributed by atoms with Crippen molar-refractivity contribution in [3.05, 3.63) is 57.7 Å². The van der Waals surface area contributed by atoms with E-state index in [0.717, 1.165) is 17.0 Å². The molecule has 0 amide bonds. The lowest BCUT2D eigenvalue weighted by Crippen LogP contribution is -2.26. The van der Waals surface area contributed by atoms with E-state index in [1.54, 1.807) is 0 Å². The molecule has 4 heteroatoms. The Morgan fingerprint density at radius 3 is 2.65 bits per heavy atom.